The third kappa shape index (κ3) is 3.62. The van der Waals surface area contributed by atoms with Gasteiger partial charge in [-0.1, -0.05) is 12.1 Å². The fourth-order valence-electron chi connectivity index (χ4n) is 2.89. The Morgan fingerprint density at radius 1 is 1.41 bits per heavy atom. The van der Waals surface area contributed by atoms with E-state index in [1.54, 1.807) is 16.7 Å². The summed E-state index contributed by atoms with van der Waals surface area (Å²) >= 11 is 1.56. The molecule has 1 saturated heterocycles. The van der Waals surface area contributed by atoms with Crippen LogP contribution < -0.4 is 15.5 Å². The van der Waals surface area contributed by atoms with Gasteiger partial charge in [-0.05, 0) is 31.5 Å². The minimum atomic E-state index is 0.0252. The molecular weight excluding hydrogens is 298 g/mol. The minimum Gasteiger partial charge on any atom is -0.352 e. The smallest absolute Gasteiger partial charge is 0.237 e. The second-order valence-electron chi connectivity index (χ2n) is 5.66. The van der Waals surface area contributed by atoms with Crippen LogP contribution in [0.15, 0.2) is 29.2 Å². The number of hydrogen-bond donors (Lipinski definition) is 2. The molecule has 1 fully saturated rings. The van der Waals surface area contributed by atoms with Crippen LogP contribution in [0.1, 0.15) is 19.3 Å². The molecule has 2 aliphatic heterocycles. The van der Waals surface area contributed by atoms with Crippen LogP contribution in [0.2, 0.25) is 0 Å². The highest BCUT2D eigenvalue weighted by Crippen LogP contribution is 2.34. The Bertz CT molecular complexity index is 558. The van der Waals surface area contributed by atoms with Gasteiger partial charge in [-0.15, -0.1) is 11.8 Å². The highest BCUT2D eigenvalue weighted by atomic mass is 32.2. The van der Waals surface area contributed by atoms with E-state index in [4.69, 9.17) is 0 Å². The first kappa shape index (κ1) is 15.4. The number of nitrogens with zero attached hydrogens (tertiary/aromatic N) is 1. The molecule has 0 unspecified atom stereocenters. The van der Waals surface area contributed by atoms with E-state index in [-0.39, 0.29) is 17.9 Å². The van der Waals surface area contributed by atoms with E-state index >= 15 is 0 Å². The van der Waals surface area contributed by atoms with Crippen LogP contribution in [0.4, 0.5) is 5.69 Å². The summed E-state index contributed by atoms with van der Waals surface area (Å²) in [4.78, 5) is 27.1. The van der Waals surface area contributed by atoms with Gasteiger partial charge in [-0.3, -0.25) is 9.59 Å². The molecule has 2 heterocycles. The summed E-state index contributed by atoms with van der Waals surface area (Å²) in [6.07, 6.45) is 2.47. The Balaban J connectivity index is 1.56. The van der Waals surface area contributed by atoms with E-state index < -0.39 is 0 Å². The predicted molar refractivity (Wildman–Crippen MR) is 88.2 cm³/mol. The molecular formula is C16H21N3O2S. The van der Waals surface area contributed by atoms with Crippen LogP contribution in [-0.2, 0) is 9.59 Å². The molecule has 2 amide bonds. The SMILES string of the molecule is O=C(CCN1C(=O)CSc2ccccc21)N[C@H]1CCCNC1. The minimum absolute atomic E-state index is 0.0252. The van der Waals surface area contributed by atoms with Gasteiger partial charge in [0.05, 0.1) is 11.4 Å². The monoisotopic (exact) mass is 319 g/mol. The molecule has 0 aliphatic carbocycles. The number of carbonyl (C=O) groups excluding carboxylic acids is 2. The Labute approximate surface area is 134 Å². The second kappa shape index (κ2) is 7.15. The lowest BCUT2D eigenvalue weighted by Crippen LogP contribution is -2.46. The lowest BCUT2D eigenvalue weighted by molar-refractivity contribution is -0.121. The average Bonchev–Trinajstić information content (AvgIpc) is 2.55. The molecule has 118 valence electrons. The number of rotatable bonds is 4. The molecule has 0 bridgehead atoms. The molecule has 1 atom stereocenters. The Morgan fingerprint density at radius 3 is 3.09 bits per heavy atom. The largest absolute Gasteiger partial charge is 0.352 e. The van der Waals surface area contributed by atoms with Crippen LogP contribution in [-0.4, -0.2) is 43.2 Å². The van der Waals surface area contributed by atoms with Gasteiger partial charge in [0, 0.05) is 30.4 Å². The predicted octanol–water partition coefficient (Wildman–Crippen LogP) is 1.38. The van der Waals surface area contributed by atoms with Crippen molar-refractivity contribution in [2.24, 2.45) is 0 Å². The molecule has 3 rings (SSSR count). The number of amides is 2. The van der Waals surface area contributed by atoms with E-state index in [0.717, 1.165) is 36.5 Å². The molecule has 0 aromatic heterocycles. The number of nitrogens with one attached hydrogen (secondary N) is 2. The normalized spacial score (nSPS) is 21.4. The van der Waals surface area contributed by atoms with Crippen molar-refractivity contribution in [3.8, 4) is 0 Å². The number of anilines is 1. The van der Waals surface area contributed by atoms with Crippen molar-refractivity contribution in [1.82, 2.24) is 10.6 Å². The average molecular weight is 319 g/mol. The summed E-state index contributed by atoms with van der Waals surface area (Å²) in [5, 5.41) is 6.34. The zero-order valence-corrected chi connectivity index (χ0v) is 13.3. The van der Waals surface area contributed by atoms with E-state index in [0.29, 0.717) is 18.7 Å². The molecule has 22 heavy (non-hydrogen) atoms. The molecule has 5 nitrogen and oxygen atoms in total. The van der Waals surface area contributed by atoms with Crippen LogP contribution in [0, 0.1) is 0 Å². The molecule has 0 saturated carbocycles. The fraction of sp³-hybridized carbons (Fsp3) is 0.500. The first-order chi connectivity index (χ1) is 10.7. The van der Waals surface area contributed by atoms with Gasteiger partial charge in [0.1, 0.15) is 0 Å². The van der Waals surface area contributed by atoms with Crippen molar-refractivity contribution in [3.05, 3.63) is 24.3 Å². The van der Waals surface area contributed by atoms with E-state index in [1.165, 1.54) is 0 Å². The van der Waals surface area contributed by atoms with Crippen molar-refractivity contribution in [2.75, 3.05) is 30.3 Å². The maximum atomic E-state index is 12.1. The van der Waals surface area contributed by atoms with Crippen LogP contribution >= 0.6 is 11.8 Å². The number of piperidine rings is 1. The first-order valence-corrected chi connectivity index (χ1v) is 8.75. The third-order valence-corrected chi connectivity index (χ3v) is 5.08. The zero-order chi connectivity index (χ0) is 15.4. The summed E-state index contributed by atoms with van der Waals surface area (Å²) in [6.45, 7) is 2.32. The maximum absolute atomic E-state index is 12.1. The highest BCUT2D eigenvalue weighted by Gasteiger charge is 2.25. The molecule has 1 aromatic carbocycles. The second-order valence-corrected chi connectivity index (χ2v) is 6.68. The van der Waals surface area contributed by atoms with E-state index in [1.807, 2.05) is 24.3 Å². The van der Waals surface area contributed by atoms with Gasteiger partial charge in [0.2, 0.25) is 11.8 Å². The standard InChI is InChI=1S/C16H21N3O2S/c20-15(18-12-4-3-8-17-10-12)7-9-19-13-5-1-2-6-14(13)22-11-16(19)21/h1-2,5-6,12,17H,3-4,7-11H2,(H,18,20)/t12-/m0/s1. The van der Waals surface area contributed by atoms with Crippen molar-refractivity contribution in [1.29, 1.82) is 0 Å². The highest BCUT2D eigenvalue weighted by molar-refractivity contribution is 8.00. The lowest BCUT2D eigenvalue weighted by Gasteiger charge is -2.29. The van der Waals surface area contributed by atoms with Crippen molar-refractivity contribution in [2.45, 2.75) is 30.2 Å². The Morgan fingerprint density at radius 2 is 2.27 bits per heavy atom. The topological polar surface area (TPSA) is 61.4 Å². The molecule has 0 radical (unpaired) electrons. The summed E-state index contributed by atoms with van der Waals surface area (Å²) in [6, 6.07) is 8.10. The van der Waals surface area contributed by atoms with E-state index in [2.05, 4.69) is 10.6 Å². The fourth-order valence-corrected chi connectivity index (χ4v) is 3.82. The number of hydrogen-bond acceptors (Lipinski definition) is 4. The Kier molecular flexibility index (Phi) is 5.00. The number of benzene rings is 1. The van der Waals surface area contributed by atoms with Crippen LogP contribution in [0.5, 0.6) is 0 Å². The van der Waals surface area contributed by atoms with Gasteiger partial charge < -0.3 is 15.5 Å². The molecule has 0 spiro atoms. The number of thioether (sulfide) groups is 1. The van der Waals surface area contributed by atoms with Gasteiger partial charge in [0.15, 0.2) is 0 Å². The van der Waals surface area contributed by atoms with Gasteiger partial charge in [0.25, 0.3) is 0 Å². The summed E-state index contributed by atoms with van der Waals surface area (Å²) in [5.74, 6) is 0.554. The molecule has 1 aromatic rings. The van der Waals surface area contributed by atoms with Crippen LogP contribution in [0.3, 0.4) is 0 Å². The number of carbonyl (C=O) groups is 2. The quantitative estimate of drug-likeness (QED) is 0.880. The lowest BCUT2D eigenvalue weighted by atomic mass is 10.1. The van der Waals surface area contributed by atoms with Gasteiger partial charge >= 0.3 is 0 Å². The maximum Gasteiger partial charge on any atom is 0.237 e. The zero-order valence-electron chi connectivity index (χ0n) is 12.5. The molecule has 2 aliphatic rings. The van der Waals surface area contributed by atoms with Gasteiger partial charge in [-0.25, -0.2) is 0 Å². The first-order valence-electron chi connectivity index (χ1n) is 7.76. The number of para-hydroxylation sites is 1. The van der Waals surface area contributed by atoms with Crippen molar-refractivity contribution < 1.29 is 9.59 Å². The van der Waals surface area contributed by atoms with Crippen LogP contribution in [0.25, 0.3) is 0 Å². The summed E-state index contributed by atoms with van der Waals surface area (Å²) in [5.41, 5.74) is 0.927. The molecule has 2 N–H and O–H groups in total. The molecule has 6 heteroatoms. The summed E-state index contributed by atoms with van der Waals surface area (Å²) < 4.78 is 0. The Hall–Kier alpha value is -1.53. The third-order valence-electron chi connectivity index (χ3n) is 4.03. The van der Waals surface area contributed by atoms with Crippen molar-refractivity contribution in [3.63, 3.8) is 0 Å². The summed E-state index contributed by atoms with van der Waals surface area (Å²) in [7, 11) is 0. The van der Waals surface area contributed by atoms with E-state index in [9.17, 15) is 9.59 Å². The van der Waals surface area contributed by atoms with Crippen molar-refractivity contribution >= 4 is 29.3 Å². The van der Waals surface area contributed by atoms with Gasteiger partial charge in [-0.2, -0.15) is 0 Å². The number of fused-ring (bicyclic) bond motifs is 1.